The molecular formula is C12H17F3N2O2. The molecule has 0 bridgehead atoms. The molecule has 0 aliphatic carbocycles. The molecule has 1 aromatic rings. The van der Waals surface area contributed by atoms with Crippen molar-refractivity contribution in [2.45, 2.75) is 13.1 Å². The van der Waals surface area contributed by atoms with Crippen molar-refractivity contribution in [3.8, 4) is 5.75 Å². The van der Waals surface area contributed by atoms with E-state index < -0.39 is 12.8 Å². The third-order valence-corrected chi connectivity index (χ3v) is 2.19. The number of nitrogens with two attached hydrogens (primary N) is 1. The molecule has 108 valence electrons. The summed E-state index contributed by atoms with van der Waals surface area (Å²) in [4.78, 5) is 0. The second kappa shape index (κ2) is 7.08. The number of rotatable bonds is 7. The quantitative estimate of drug-likeness (QED) is 0.594. The summed E-state index contributed by atoms with van der Waals surface area (Å²) in [7, 11) is 0. The fraction of sp³-hybridized carbons (Fsp3) is 0.500. The topological polar surface area (TPSA) is 56.5 Å². The van der Waals surface area contributed by atoms with Crippen molar-refractivity contribution in [3.05, 3.63) is 18.2 Å². The van der Waals surface area contributed by atoms with Gasteiger partial charge in [0.15, 0.2) is 0 Å². The zero-order chi connectivity index (χ0) is 14.3. The molecule has 4 nitrogen and oxygen atoms in total. The molecular weight excluding hydrogens is 261 g/mol. The van der Waals surface area contributed by atoms with Gasteiger partial charge >= 0.3 is 6.18 Å². The number of alkyl halides is 3. The number of nitrogen functional groups attached to an aromatic ring is 1. The largest absolute Gasteiger partial charge is 0.492 e. The van der Waals surface area contributed by atoms with Gasteiger partial charge in [-0.3, -0.25) is 0 Å². The van der Waals surface area contributed by atoms with E-state index in [1.165, 1.54) is 0 Å². The molecule has 0 saturated carbocycles. The van der Waals surface area contributed by atoms with E-state index in [1.807, 2.05) is 6.92 Å². The van der Waals surface area contributed by atoms with Crippen LogP contribution in [0.4, 0.5) is 24.5 Å². The first-order valence-corrected chi connectivity index (χ1v) is 5.83. The second-order valence-electron chi connectivity index (χ2n) is 3.74. The number of para-hydroxylation sites is 1. The van der Waals surface area contributed by atoms with Gasteiger partial charge in [0.2, 0.25) is 0 Å². The van der Waals surface area contributed by atoms with Gasteiger partial charge in [0.25, 0.3) is 0 Å². The lowest BCUT2D eigenvalue weighted by Gasteiger charge is -2.13. The molecule has 0 radical (unpaired) electrons. The van der Waals surface area contributed by atoms with E-state index in [-0.39, 0.29) is 13.2 Å². The first-order valence-electron chi connectivity index (χ1n) is 5.83. The van der Waals surface area contributed by atoms with Crippen LogP contribution in [-0.4, -0.2) is 32.5 Å². The Balaban J connectivity index is 2.39. The Morgan fingerprint density at radius 2 is 2.05 bits per heavy atom. The number of halogens is 3. The Labute approximate surface area is 109 Å². The van der Waals surface area contributed by atoms with Gasteiger partial charge in [-0.15, -0.1) is 0 Å². The highest BCUT2D eigenvalue weighted by Crippen LogP contribution is 2.29. The van der Waals surface area contributed by atoms with Gasteiger partial charge in [-0.05, 0) is 19.1 Å². The number of hydrogen-bond acceptors (Lipinski definition) is 4. The predicted molar refractivity (Wildman–Crippen MR) is 67.4 cm³/mol. The zero-order valence-corrected chi connectivity index (χ0v) is 10.6. The van der Waals surface area contributed by atoms with Crippen LogP contribution in [0.2, 0.25) is 0 Å². The fourth-order valence-electron chi connectivity index (χ4n) is 1.43. The van der Waals surface area contributed by atoms with Gasteiger partial charge in [-0.25, -0.2) is 0 Å². The molecule has 1 aromatic carbocycles. The van der Waals surface area contributed by atoms with E-state index in [2.05, 4.69) is 10.1 Å². The van der Waals surface area contributed by atoms with Crippen LogP contribution in [0, 0.1) is 0 Å². The van der Waals surface area contributed by atoms with Gasteiger partial charge in [0.1, 0.15) is 12.4 Å². The van der Waals surface area contributed by atoms with Crippen molar-refractivity contribution in [1.29, 1.82) is 0 Å². The third kappa shape index (κ3) is 5.69. The Morgan fingerprint density at radius 1 is 1.32 bits per heavy atom. The molecule has 0 amide bonds. The molecule has 0 heterocycles. The highest BCUT2D eigenvalue weighted by Gasteiger charge is 2.27. The molecule has 0 fully saturated rings. The molecule has 7 heteroatoms. The average molecular weight is 278 g/mol. The van der Waals surface area contributed by atoms with E-state index in [0.717, 1.165) is 0 Å². The molecule has 0 aliphatic heterocycles. The molecule has 0 spiro atoms. The number of nitrogens with one attached hydrogen (secondary N) is 1. The van der Waals surface area contributed by atoms with E-state index in [4.69, 9.17) is 10.5 Å². The predicted octanol–water partition coefficient (Wildman–Crippen LogP) is 2.66. The number of hydrogen-bond donors (Lipinski definition) is 2. The Kier molecular flexibility index (Phi) is 5.75. The van der Waals surface area contributed by atoms with Crippen molar-refractivity contribution in [2.75, 3.05) is 37.4 Å². The van der Waals surface area contributed by atoms with Crippen molar-refractivity contribution >= 4 is 11.4 Å². The van der Waals surface area contributed by atoms with E-state index in [0.29, 0.717) is 23.7 Å². The molecule has 0 atom stereocenters. The molecule has 0 aromatic heterocycles. The lowest BCUT2D eigenvalue weighted by Crippen LogP contribution is -2.20. The summed E-state index contributed by atoms with van der Waals surface area (Å²) in [5.41, 5.74) is 6.89. The summed E-state index contributed by atoms with van der Waals surface area (Å²) in [6.07, 6.45) is -4.30. The molecule has 3 N–H and O–H groups in total. The normalized spacial score (nSPS) is 11.4. The maximum atomic E-state index is 11.8. The van der Waals surface area contributed by atoms with Crippen molar-refractivity contribution in [1.82, 2.24) is 0 Å². The van der Waals surface area contributed by atoms with Gasteiger partial charge in [0, 0.05) is 6.54 Å². The van der Waals surface area contributed by atoms with Crippen LogP contribution >= 0.6 is 0 Å². The minimum atomic E-state index is -4.30. The van der Waals surface area contributed by atoms with Crippen molar-refractivity contribution in [2.24, 2.45) is 0 Å². The number of anilines is 2. The lowest BCUT2D eigenvalue weighted by molar-refractivity contribution is -0.172. The monoisotopic (exact) mass is 278 g/mol. The molecule has 0 aliphatic rings. The van der Waals surface area contributed by atoms with Crippen molar-refractivity contribution in [3.63, 3.8) is 0 Å². The van der Waals surface area contributed by atoms with Crippen LogP contribution in [0.15, 0.2) is 18.2 Å². The van der Waals surface area contributed by atoms with E-state index >= 15 is 0 Å². The maximum absolute atomic E-state index is 11.8. The summed E-state index contributed by atoms with van der Waals surface area (Å²) in [5.74, 6) is 0.545. The highest BCUT2D eigenvalue weighted by molar-refractivity contribution is 5.72. The zero-order valence-electron chi connectivity index (χ0n) is 10.6. The third-order valence-electron chi connectivity index (χ3n) is 2.19. The van der Waals surface area contributed by atoms with Crippen LogP contribution in [0.3, 0.4) is 0 Å². The summed E-state index contributed by atoms with van der Waals surface area (Å²) < 4.78 is 45.3. The van der Waals surface area contributed by atoms with Crippen LogP contribution in [-0.2, 0) is 4.74 Å². The van der Waals surface area contributed by atoms with E-state index in [9.17, 15) is 13.2 Å². The van der Waals surface area contributed by atoms with Crippen LogP contribution in [0.5, 0.6) is 5.75 Å². The Hall–Kier alpha value is -1.63. The minimum absolute atomic E-state index is 0.0577. The summed E-state index contributed by atoms with van der Waals surface area (Å²) in [6.45, 7) is 1.25. The number of ether oxygens (including phenoxy) is 2. The lowest BCUT2D eigenvalue weighted by atomic mass is 10.2. The average Bonchev–Trinajstić information content (AvgIpc) is 2.32. The van der Waals surface area contributed by atoms with Crippen molar-refractivity contribution < 1.29 is 22.6 Å². The van der Waals surface area contributed by atoms with Gasteiger partial charge in [0.05, 0.1) is 24.6 Å². The van der Waals surface area contributed by atoms with Gasteiger partial charge < -0.3 is 20.5 Å². The standard InChI is InChI=1S/C12H17F3N2O2/c1-2-19-10-5-3-4-9(11(10)16)17-6-7-18-8-12(13,14)15/h3-5,17H,2,6-8,16H2,1H3. The minimum Gasteiger partial charge on any atom is -0.492 e. The molecule has 0 unspecified atom stereocenters. The van der Waals surface area contributed by atoms with Crippen LogP contribution in [0.1, 0.15) is 6.92 Å². The molecule has 19 heavy (non-hydrogen) atoms. The highest BCUT2D eigenvalue weighted by atomic mass is 19.4. The maximum Gasteiger partial charge on any atom is 0.411 e. The number of benzene rings is 1. The van der Waals surface area contributed by atoms with Crippen LogP contribution < -0.4 is 15.8 Å². The first kappa shape index (κ1) is 15.4. The fourth-order valence-corrected chi connectivity index (χ4v) is 1.43. The summed E-state index contributed by atoms with van der Waals surface area (Å²) in [5, 5.41) is 2.90. The first-order chi connectivity index (χ1) is 8.94. The summed E-state index contributed by atoms with van der Waals surface area (Å²) >= 11 is 0. The van der Waals surface area contributed by atoms with Crippen LogP contribution in [0.25, 0.3) is 0 Å². The SMILES string of the molecule is CCOc1cccc(NCCOCC(F)(F)F)c1N. The molecule has 1 rings (SSSR count). The summed E-state index contributed by atoms with van der Waals surface area (Å²) in [6, 6.07) is 5.20. The van der Waals surface area contributed by atoms with Gasteiger partial charge in [-0.1, -0.05) is 6.07 Å². The molecule has 0 saturated heterocycles. The van der Waals surface area contributed by atoms with E-state index in [1.54, 1.807) is 18.2 Å². The Bertz CT molecular complexity index is 397. The smallest absolute Gasteiger partial charge is 0.411 e. The van der Waals surface area contributed by atoms with Gasteiger partial charge in [-0.2, -0.15) is 13.2 Å². The second-order valence-corrected chi connectivity index (χ2v) is 3.74. The Morgan fingerprint density at radius 3 is 2.68 bits per heavy atom.